The molecule has 2 N–H and O–H groups in total. The Morgan fingerprint density at radius 1 is 1.50 bits per heavy atom. The van der Waals surface area contributed by atoms with Gasteiger partial charge in [-0.25, -0.2) is 0 Å². The number of hydrogen-bond donors (Lipinski definition) is 2. The molecule has 3 heteroatoms. The molecule has 1 aromatic rings. The second kappa shape index (κ2) is 4.62. The molecule has 0 aromatic carbocycles. The van der Waals surface area contributed by atoms with E-state index in [1.165, 1.54) is 31.5 Å². The van der Waals surface area contributed by atoms with Gasteiger partial charge in [-0.3, -0.25) is 0 Å². The lowest BCUT2D eigenvalue weighted by Gasteiger charge is -2.29. The monoisotopic (exact) mass is 193 g/mol. The summed E-state index contributed by atoms with van der Waals surface area (Å²) in [6.45, 7) is 3.45. The molecule has 1 aromatic heterocycles. The van der Waals surface area contributed by atoms with E-state index in [2.05, 4.69) is 34.5 Å². The van der Waals surface area contributed by atoms with Crippen LogP contribution in [-0.4, -0.2) is 36.1 Å². The molecule has 1 saturated heterocycles. The van der Waals surface area contributed by atoms with Crippen molar-refractivity contribution >= 4 is 0 Å². The van der Waals surface area contributed by atoms with Crippen molar-refractivity contribution in [2.45, 2.75) is 25.4 Å². The van der Waals surface area contributed by atoms with Crippen LogP contribution in [0.1, 0.15) is 18.4 Å². The highest BCUT2D eigenvalue weighted by atomic mass is 15.1. The van der Waals surface area contributed by atoms with Gasteiger partial charge in [0.1, 0.15) is 0 Å². The fraction of sp³-hybridized carbons (Fsp3) is 0.636. The molecular weight excluding hydrogens is 174 g/mol. The first-order valence-corrected chi connectivity index (χ1v) is 5.38. The Bertz CT molecular complexity index is 248. The molecule has 2 rings (SSSR count). The van der Waals surface area contributed by atoms with Crippen LogP contribution in [0.15, 0.2) is 18.5 Å². The second-order valence-electron chi connectivity index (χ2n) is 4.18. The number of hydrogen-bond acceptors (Lipinski definition) is 2. The molecule has 0 saturated carbocycles. The van der Waals surface area contributed by atoms with Crippen molar-refractivity contribution in [3.05, 3.63) is 24.0 Å². The Balaban J connectivity index is 1.71. The van der Waals surface area contributed by atoms with E-state index < -0.39 is 0 Å². The lowest BCUT2D eigenvalue weighted by atomic mass is 10.1. The Morgan fingerprint density at radius 2 is 2.29 bits per heavy atom. The van der Waals surface area contributed by atoms with Crippen LogP contribution < -0.4 is 5.32 Å². The summed E-state index contributed by atoms with van der Waals surface area (Å²) in [7, 11) is 2.20. The molecule has 2 heterocycles. The Hall–Kier alpha value is -0.800. The van der Waals surface area contributed by atoms with Gasteiger partial charge in [0, 0.05) is 25.0 Å². The van der Waals surface area contributed by atoms with Crippen molar-refractivity contribution in [2.75, 3.05) is 20.1 Å². The number of H-pyrrole nitrogens is 1. The summed E-state index contributed by atoms with van der Waals surface area (Å²) < 4.78 is 0. The maximum Gasteiger partial charge on any atom is 0.0223 e. The molecule has 1 aliphatic rings. The lowest BCUT2D eigenvalue weighted by Crippen LogP contribution is -2.40. The molecule has 0 unspecified atom stereocenters. The maximum absolute atomic E-state index is 3.60. The van der Waals surface area contributed by atoms with Crippen molar-refractivity contribution in [3.8, 4) is 0 Å². The van der Waals surface area contributed by atoms with Crippen molar-refractivity contribution in [2.24, 2.45) is 0 Å². The molecule has 0 bridgehead atoms. The molecule has 3 nitrogen and oxygen atoms in total. The number of likely N-dealkylation sites (tertiary alicyclic amines) is 1. The van der Waals surface area contributed by atoms with Gasteiger partial charge in [0.05, 0.1) is 0 Å². The van der Waals surface area contributed by atoms with E-state index in [9.17, 15) is 0 Å². The SMILES string of the molecule is CN1CCC(NCc2cc[nH]c2)CC1. The third-order valence-corrected chi connectivity index (χ3v) is 2.98. The van der Waals surface area contributed by atoms with Crippen LogP contribution in [0.4, 0.5) is 0 Å². The molecule has 0 aliphatic carbocycles. The van der Waals surface area contributed by atoms with Crippen LogP contribution in [0, 0.1) is 0 Å². The fourth-order valence-corrected chi connectivity index (χ4v) is 1.94. The molecular formula is C11H19N3. The third-order valence-electron chi connectivity index (χ3n) is 2.98. The van der Waals surface area contributed by atoms with Crippen LogP contribution in [0.2, 0.25) is 0 Å². The van der Waals surface area contributed by atoms with Crippen LogP contribution in [0.25, 0.3) is 0 Å². The standard InChI is InChI=1S/C11H19N3/c1-14-6-3-11(4-7-14)13-9-10-2-5-12-8-10/h2,5,8,11-13H,3-4,6-7,9H2,1H3. The first-order valence-electron chi connectivity index (χ1n) is 5.38. The van der Waals surface area contributed by atoms with E-state index in [0.29, 0.717) is 6.04 Å². The first-order chi connectivity index (χ1) is 6.84. The van der Waals surface area contributed by atoms with Crippen molar-refractivity contribution < 1.29 is 0 Å². The number of piperidine rings is 1. The molecule has 0 atom stereocenters. The first kappa shape index (κ1) is 9.74. The summed E-state index contributed by atoms with van der Waals surface area (Å²) in [6, 6.07) is 2.84. The molecule has 0 amide bonds. The van der Waals surface area contributed by atoms with Crippen LogP contribution in [-0.2, 0) is 6.54 Å². The van der Waals surface area contributed by atoms with Crippen molar-refractivity contribution in [1.29, 1.82) is 0 Å². The fourth-order valence-electron chi connectivity index (χ4n) is 1.94. The average Bonchev–Trinajstić information content (AvgIpc) is 2.70. The van der Waals surface area contributed by atoms with Crippen LogP contribution in [0.5, 0.6) is 0 Å². The van der Waals surface area contributed by atoms with Gasteiger partial charge in [0.15, 0.2) is 0 Å². The van der Waals surface area contributed by atoms with Crippen molar-refractivity contribution in [1.82, 2.24) is 15.2 Å². The number of aromatic nitrogens is 1. The predicted molar refractivity (Wildman–Crippen MR) is 58.2 cm³/mol. The van der Waals surface area contributed by atoms with Gasteiger partial charge in [0.25, 0.3) is 0 Å². The Morgan fingerprint density at radius 3 is 2.93 bits per heavy atom. The van der Waals surface area contributed by atoms with Gasteiger partial charge in [-0.15, -0.1) is 0 Å². The third kappa shape index (κ3) is 2.59. The second-order valence-corrected chi connectivity index (χ2v) is 4.18. The molecule has 1 fully saturated rings. The average molecular weight is 193 g/mol. The smallest absolute Gasteiger partial charge is 0.0223 e. The molecule has 14 heavy (non-hydrogen) atoms. The van der Waals surface area contributed by atoms with E-state index in [1.807, 2.05) is 6.20 Å². The topological polar surface area (TPSA) is 31.1 Å². The van der Waals surface area contributed by atoms with Crippen LogP contribution >= 0.6 is 0 Å². The summed E-state index contributed by atoms with van der Waals surface area (Å²) >= 11 is 0. The quantitative estimate of drug-likeness (QED) is 0.755. The highest BCUT2D eigenvalue weighted by molar-refractivity contribution is 5.07. The minimum absolute atomic E-state index is 0.709. The van der Waals surface area contributed by atoms with E-state index >= 15 is 0 Å². The maximum atomic E-state index is 3.60. The normalized spacial score (nSPS) is 20.1. The summed E-state index contributed by atoms with van der Waals surface area (Å²) in [5, 5.41) is 3.60. The Kier molecular flexibility index (Phi) is 3.22. The number of nitrogens with one attached hydrogen (secondary N) is 2. The highest BCUT2D eigenvalue weighted by Gasteiger charge is 2.15. The summed E-state index contributed by atoms with van der Waals surface area (Å²) in [4.78, 5) is 5.47. The minimum Gasteiger partial charge on any atom is -0.367 e. The highest BCUT2D eigenvalue weighted by Crippen LogP contribution is 2.09. The summed E-state index contributed by atoms with van der Waals surface area (Å²) in [5.74, 6) is 0. The van der Waals surface area contributed by atoms with E-state index in [4.69, 9.17) is 0 Å². The van der Waals surface area contributed by atoms with Gasteiger partial charge in [-0.2, -0.15) is 0 Å². The zero-order valence-electron chi connectivity index (χ0n) is 8.79. The van der Waals surface area contributed by atoms with Gasteiger partial charge in [-0.05, 0) is 44.6 Å². The molecule has 1 aliphatic heterocycles. The van der Waals surface area contributed by atoms with E-state index in [1.54, 1.807) is 0 Å². The van der Waals surface area contributed by atoms with E-state index in [0.717, 1.165) is 6.54 Å². The van der Waals surface area contributed by atoms with Crippen molar-refractivity contribution in [3.63, 3.8) is 0 Å². The van der Waals surface area contributed by atoms with Gasteiger partial charge < -0.3 is 15.2 Å². The predicted octanol–water partition coefficient (Wildman–Crippen LogP) is 1.20. The molecule has 78 valence electrons. The summed E-state index contributed by atoms with van der Waals surface area (Å²) in [5.41, 5.74) is 1.35. The van der Waals surface area contributed by atoms with Gasteiger partial charge >= 0.3 is 0 Å². The zero-order chi connectivity index (χ0) is 9.80. The van der Waals surface area contributed by atoms with Gasteiger partial charge in [0.2, 0.25) is 0 Å². The lowest BCUT2D eigenvalue weighted by molar-refractivity contribution is 0.234. The van der Waals surface area contributed by atoms with Gasteiger partial charge in [-0.1, -0.05) is 0 Å². The summed E-state index contributed by atoms with van der Waals surface area (Å²) in [6.07, 6.45) is 6.59. The minimum atomic E-state index is 0.709. The van der Waals surface area contributed by atoms with E-state index in [-0.39, 0.29) is 0 Å². The number of nitrogens with zero attached hydrogens (tertiary/aromatic N) is 1. The molecule has 0 spiro atoms. The molecule has 0 radical (unpaired) electrons. The zero-order valence-corrected chi connectivity index (χ0v) is 8.79. The number of rotatable bonds is 3. The largest absolute Gasteiger partial charge is 0.367 e. The number of aromatic amines is 1. The van der Waals surface area contributed by atoms with Crippen LogP contribution in [0.3, 0.4) is 0 Å². The Labute approximate surface area is 85.5 Å².